The van der Waals surface area contributed by atoms with Gasteiger partial charge in [-0.25, -0.2) is 0 Å². The van der Waals surface area contributed by atoms with Crippen molar-refractivity contribution in [2.45, 2.75) is 38.3 Å². The predicted molar refractivity (Wildman–Crippen MR) is 81.3 cm³/mol. The van der Waals surface area contributed by atoms with Crippen LogP contribution in [0.15, 0.2) is 24.3 Å². The Labute approximate surface area is 125 Å². The molecule has 21 heavy (non-hydrogen) atoms. The summed E-state index contributed by atoms with van der Waals surface area (Å²) in [5.41, 5.74) is 1.11. The zero-order chi connectivity index (χ0) is 15.1. The Hall–Kier alpha value is -1.59. The van der Waals surface area contributed by atoms with E-state index in [1.165, 1.54) is 0 Å². The highest BCUT2D eigenvalue weighted by molar-refractivity contribution is 5.81. The number of ether oxygens (including phenoxy) is 1. The smallest absolute Gasteiger partial charge is 0.237 e. The first-order chi connectivity index (χ1) is 10.1. The molecule has 0 bridgehead atoms. The Kier molecular flexibility index (Phi) is 6.02. The number of rotatable bonds is 6. The third kappa shape index (κ3) is 5.36. The number of nitrogens with one attached hydrogen (secondary N) is 2. The average molecular weight is 292 g/mol. The molecule has 5 nitrogen and oxygen atoms in total. The van der Waals surface area contributed by atoms with Gasteiger partial charge in [0, 0.05) is 6.54 Å². The molecule has 0 spiro atoms. The largest absolute Gasteiger partial charge is 0.491 e. The van der Waals surface area contributed by atoms with Crippen LogP contribution < -0.4 is 15.4 Å². The number of carbonyl (C=O) groups is 1. The monoisotopic (exact) mass is 292 g/mol. The summed E-state index contributed by atoms with van der Waals surface area (Å²) in [6.45, 7) is 3.25. The zero-order valence-corrected chi connectivity index (χ0v) is 12.5. The van der Waals surface area contributed by atoms with E-state index in [-0.39, 0.29) is 25.1 Å². The highest BCUT2D eigenvalue weighted by atomic mass is 16.5. The van der Waals surface area contributed by atoms with Gasteiger partial charge in [-0.05, 0) is 44.0 Å². The maximum Gasteiger partial charge on any atom is 0.237 e. The molecule has 2 atom stereocenters. The van der Waals surface area contributed by atoms with Crippen LogP contribution in [0.3, 0.4) is 0 Å². The molecular formula is C16H24N2O3. The number of carbonyl (C=O) groups excluding carboxylic acids is 1. The molecule has 2 unspecified atom stereocenters. The molecule has 1 amide bonds. The van der Waals surface area contributed by atoms with Crippen LogP contribution in [-0.2, 0) is 4.79 Å². The van der Waals surface area contributed by atoms with Crippen LogP contribution in [0.5, 0.6) is 5.75 Å². The van der Waals surface area contributed by atoms with E-state index in [9.17, 15) is 9.90 Å². The SMILES string of the molecule is Cc1cccc(OCC(O)CNC(=O)C2CCCCN2)c1. The van der Waals surface area contributed by atoms with Crippen LogP contribution in [0, 0.1) is 6.92 Å². The van der Waals surface area contributed by atoms with Gasteiger partial charge in [0.2, 0.25) is 5.91 Å². The molecule has 5 heteroatoms. The van der Waals surface area contributed by atoms with Gasteiger partial charge < -0.3 is 20.5 Å². The average Bonchev–Trinajstić information content (AvgIpc) is 2.51. The number of amides is 1. The minimum absolute atomic E-state index is 0.0377. The highest BCUT2D eigenvalue weighted by Crippen LogP contribution is 2.12. The summed E-state index contributed by atoms with van der Waals surface area (Å²) in [6.07, 6.45) is 2.35. The summed E-state index contributed by atoms with van der Waals surface area (Å²) in [5.74, 6) is 0.693. The maximum atomic E-state index is 11.9. The summed E-state index contributed by atoms with van der Waals surface area (Å²) in [7, 11) is 0. The van der Waals surface area contributed by atoms with E-state index < -0.39 is 6.10 Å². The predicted octanol–water partition coefficient (Wildman–Crippen LogP) is 0.993. The molecular weight excluding hydrogens is 268 g/mol. The van der Waals surface area contributed by atoms with E-state index in [0.717, 1.165) is 37.1 Å². The summed E-state index contributed by atoms with van der Waals surface area (Å²) >= 11 is 0. The number of hydrogen-bond acceptors (Lipinski definition) is 4. The van der Waals surface area contributed by atoms with Gasteiger partial charge in [0.05, 0.1) is 6.04 Å². The Morgan fingerprint density at radius 1 is 1.52 bits per heavy atom. The lowest BCUT2D eigenvalue weighted by molar-refractivity contribution is -0.124. The van der Waals surface area contributed by atoms with Crippen molar-refractivity contribution in [2.75, 3.05) is 19.7 Å². The van der Waals surface area contributed by atoms with E-state index in [4.69, 9.17) is 4.74 Å². The fraction of sp³-hybridized carbons (Fsp3) is 0.562. The lowest BCUT2D eigenvalue weighted by Gasteiger charge is -2.23. The second-order valence-corrected chi connectivity index (χ2v) is 5.53. The van der Waals surface area contributed by atoms with Crippen molar-refractivity contribution in [2.24, 2.45) is 0 Å². The van der Waals surface area contributed by atoms with E-state index >= 15 is 0 Å². The van der Waals surface area contributed by atoms with E-state index in [2.05, 4.69) is 10.6 Å². The third-order valence-electron chi connectivity index (χ3n) is 3.57. The molecule has 1 fully saturated rings. The molecule has 0 aromatic heterocycles. The van der Waals surface area contributed by atoms with Crippen molar-refractivity contribution < 1.29 is 14.6 Å². The van der Waals surface area contributed by atoms with Gasteiger partial charge in [0.15, 0.2) is 0 Å². The first kappa shape index (κ1) is 15.8. The van der Waals surface area contributed by atoms with Crippen molar-refractivity contribution in [3.8, 4) is 5.75 Å². The van der Waals surface area contributed by atoms with Crippen LogP contribution in [0.1, 0.15) is 24.8 Å². The first-order valence-corrected chi connectivity index (χ1v) is 7.54. The molecule has 116 valence electrons. The third-order valence-corrected chi connectivity index (χ3v) is 3.57. The van der Waals surface area contributed by atoms with Crippen LogP contribution in [0.2, 0.25) is 0 Å². The summed E-state index contributed by atoms with van der Waals surface area (Å²) in [5, 5.41) is 15.8. The fourth-order valence-electron chi connectivity index (χ4n) is 2.37. The zero-order valence-electron chi connectivity index (χ0n) is 12.5. The van der Waals surface area contributed by atoms with Gasteiger partial charge in [-0.3, -0.25) is 4.79 Å². The Bertz CT molecular complexity index is 459. The van der Waals surface area contributed by atoms with E-state index in [1.54, 1.807) is 0 Å². The number of benzene rings is 1. The van der Waals surface area contributed by atoms with Crippen LogP contribution in [0.25, 0.3) is 0 Å². The lowest BCUT2D eigenvalue weighted by atomic mass is 10.0. The Morgan fingerprint density at radius 3 is 3.10 bits per heavy atom. The van der Waals surface area contributed by atoms with Gasteiger partial charge in [-0.15, -0.1) is 0 Å². The molecule has 2 rings (SSSR count). The minimum Gasteiger partial charge on any atom is -0.491 e. The molecule has 1 aromatic carbocycles. The molecule has 1 aromatic rings. The molecule has 1 aliphatic rings. The molecule has 1 heterocycles. The number of piperidine rings is 1. The van der Waals surface area contributed by atoms with E-state index in [0.29, 0.717) is 0 Å². The molecule has 1 saturated heterocycles. The van der Waals surface area contributed by atoms with Crippen molar-refractivity contribution in [1.82, 2.24) is 10.6 Å². The van der Waals surface area contributed by atoms with Gasteiger partial charge in [0.25, 0.3) is 0 Å². The molecule has 1 aliphatic heterocycles. The number of hydrogen-bond donors (Lipinski definition) is 3. The minimum atomic E-state index is -0.710. The first-order valence-electron chi connectivity index (χ1n) is 7.54. The van der Waals surface area contributed by atoms with Crippen LogP contribution in [-0.4, -0.2) is 42.9 Å². The Morgan fingerprint density at radius 2 is 2.38 bits per heavy atom. The van der Waals surface area contributed by atoms with E-state index in [1.807, 2.05) is 31.2 Å². The van der Waals surface area contributed by atoms with Crippen molar-refractivity contribution in [3.63, 3.8) is 0 Å². The van der Waals surface area contributed by atoms with Gasteiger partial charge in [-0.1, -0.05) is 18.6 Å². The van der Waals surface area contributed by atoms with Crippen LogP contribution >= 0.6 is 0 Å². The standard InChI is InChI=1S/C16H24N2O3/c1-12-5-4-6-14(9-12)21-11-13(19)10-18-16(20)15-7-2-3-8-17-15/h4-6,9,13,15,17,19H,2-3,7-8,10-11H2,1H3,(H,18,20). The molecule has 3 N–H and O–H groups in total. The second kappa shape index (κ2) is 8.00. The number of aliphatic hydroxyl groups excluding tert-OH is 1. The van der Waals surface area contributed by atoms with Crippen molar-refractivity contribution in [1.29, 1.82) is 0 Å². The number of aryl methyl sites for hydroxylation is 1. The van der Waals surface area contributed by atoms with Gasteiger partial charge in [-0.2, -0.15) is 0 Å². The summed E-state index contributed by atoms with van der Waals surface area (Å²) in [4.78, 5) is 11.9. The quantitative estimate of drug-likeness (QED) is 0.731. The van der Waals surface area contributed by atoms with Crippen molar-refractivity contribution >= 4 is 5.91 Å². The lowest BCUT2D eigenvalue weighted by Crippen LogP contribution is -2.48. The summed E-state index contributed by atoms with van der Waals surface area (Å²) < 4.78 is 5.51. The fourth-order valence-corrected chi connectivity index (χ4v) is 2.37. The molecule has 0 saturated carbocycles. The highest BCUT2D eigenvalue weighted by Gasteiger charge is 2.20. The second-order valence-electron chi connectivity index (χ2n) is 5.53. The van der Waals surface area contributed by atoms with Crippen LogP contribution in [0.4, 0.5) is 0 Å². The maximum absolute atomic E-state index is 11.9. The van der Waals surface area contributed by atoms with Gasteiger partial charge >= 0.3 is 0 Å². The number of aliphatic hydroxyl groups is 1. The summed E-state index contributed by atoms with van der Waals surface area (Å²) in [6, 6.07) is 7.54. The normalized spacial score (nSPS) is 19.8. The topological polar surface area (TPSA) is 70.6 Å². The Balaban J connectivity index is 1.67. The van der Waals surface area contributed by atoms with Crippen molar-refractivity contribution in [3.05, 3.63) is 29.8 Å². The molecule has 0 radical (unpaired) electrons. The van der Waals surface area contributed by atoms with Gasteiger partial charge in [0.1, 0.15) is 18.5 Å². The molecule has 0 aliphatic carbocycles.